The molecule has 8 amide bonds. The summed E-state index contributed by atoms with van der Waals surface area (Å²) < 4.78 is 68.3. The van der Waals surface area contributed by atoms with E-state index in [1.807, 2.05) is 73.3 Å². The Balaban J connectivity index is 0.486. The van der Waals surface area contributed by atoms with E-state index in [0.717, 1.165) is 54.0 Å². The van der Waals surface area contributed by atoms with Crippen LogP contribution < -0.4 is 45.1 Å². The van der Waals surface area contributed by atoms with Gasteiger partial charge in [0.25, 0.3) is 11.8 Å². The topological polar surface area (TPSA) is 336 Å². The van der Waals surface area contributed by atoms with Crippen molar-refractivity contribution in [3.8, 4) is 23.0 Å². The van der Waals surface area contributed by atoms with Crippen molar-refractivity contribution in [2.75, 3.05) is 190 Å². The average molecular weight is 1640 g/mol. The Labute approximate surface area is 694 Å². The third kappa shape index (κ3) is 25.9. The molecule has 11 rings (SSSR count). The van der Waals surface area contributed by atoms with Crippen LogP contribution >= 0.6 is 0 Å². The highest BCUT2D eigenvalue weighted by Gasteiger charge is 2.41. The highest BCUT2D eigenvalue weighted by atomic mass is 16.6. The third-order valence-electron chi connectivity index (χ3n) is 20.8. The fraction of sp³-hybridized carbons (Fsp3) is 0.477. The first-order valence-corrected chi connectivity index (χ1v) is 40.8. The number of methoxy groups -OCH3 is 2. The van der Waals surface area contributed by atoms with E-state index in [-0.39, 0.29) is 106 Å². The largest absolute Gasteiger partial charge is 0.493 e. The van der Waals surface area contributed by atoms with Crippen LogP contribution in [-0.2, 0) is 66.7 Å². The zero-order valence-corrected chi connectivity index (χ0v) is 68.8. The van der Waals surface area contributed by atoms with Gasteiger partial charge >= 0.3 is 0 Å². The number of amides is 8. The van der Waals surface area contributed by atoms with E-state index in [4.69, 9.17) is 66.8 Å². The van der Waals surface area contributed by atoms with Gasteiger partial charge in [0, 0.05) is 126 Å². The Morgan fingerprint density at radius 1 is 0.513 bits per heavy atom. The van der Waals surface area contributed by atoms with Gasteiger partial charge in [-0.1, -0.05) is 80.6 Å². The third-order valence-corrected chi connectivity index (χ3v) is 20.8. The van der Waals surface area contributed by atoms with Crippen LogP contribution in [0.2, 0.25) is 0 Å². The van der Waals surface area contributed by atoms with Crippen LogP contribution in [0.15, 0.2) is 143 Å². The summed E-state index contributed by atoms with van der Waals surface area (Å²) in [6.45, 7) is 15.6. The van der Waals surface area contributed by atoms with Gasteiger partial charge in [-0.05, 0) is 84.1 Å². The number of ether oxygens (including phenoxy) is 12. The molecule has 1 unspecified atom stereocenters. The SMILES string of the molecule is COc1cc2c(cc1OCCCOc1cc3c(cc1OC)C(=O)N1C=C(c4ccc(N5CCN(C)CC5)cc4)C[C@H]1C=N3)N=C[C@@H]1CC(c3ccc(NC(=O)[C@H](C)NC(=O)[C@@H](NC(=O)CCOCCOCCOCCOCCOCCOCCOCCOCCNC(=O)CCN4C(=O)CC(C5=C/C=C\C=C/C=C\5)C4=O)C(C)C)cc3)=CN1C2=O. The first-order valence-electron chi connectivity index (χ1n) is 40.8. The minimum Gasteiger partial charge on any atom is -0.493 e. The summed E-state index contributed by atoms with van der Waals surface area (Å²) in [6, 6.07) is 20.1. The Morgan fingerprint density at radius 2 is 1.00 bits per heavy atom. The van der Waals surface area contributed by atoms with E-state index < -0.39 is 29.8 Å². The van der Waals surface area contributed by atoms with Crippen molar-refractivity contribution in [3.05, 3.63) is 156 Å². The number of rotatable bonds is 48. The molecule has 31 heteroatoms. The fourth-order valence-corrected chi connectivity index (χ4v) is 14.0. The van der Waals surface area contributed by atoms with Gasteiger partial charge in [0.15, 0.2) is 23.0 Å². The van der Waals surface area contributed by atoms with Gasteiger partial charge in [-0.25, -0.2) is 0 Å². The zero-order valence-electron chi connectivity index (χ0n) is 68.8. The average Bonchev–Trinajstić information content (AvgIpc) is 1.64. The van der Waals surface area contributed by atoms with Gasteiger partial charge in [-0.2, -0.15) is 0 Å². The second-order valence-electron chi connectivity index (χ2n) is 29.5. The van der Waals surface area contributed by atoms with Crippen molar-refractivity contribution in [2.24, 2.45) is 21.8 Å². The number of nitrogens with zero attached hydrogens (tertiary/aromatic N) is 7. The highest BCUT2D eigenvalue weighted by molar-refractivity contribution is 6.08. The zero-order chi connectivity index (χ0) is 83.8. The van der Waals surface area contributed by atoms with Crippen molar-refractivity contribution in [1.82, 2.24) is 35.6 Å². The normalized spacial score (nSPS) is 19.2. The Hall–Kier alpha value is -10.7. The number of fused-ring (bicyclic) bond motifs is 4. The number of anilines is 2. The predicted molar refractivity (Wildman–Crippen MR) is 448 cm³/mol. The van der Waals surface area contributed by atoms with Gasteiger partial charge in [-0.15, -0.1) is 0 Å². The van der Waals surface area contributed by atoms with Crippen LogP contribution in [0, 0.1) is 11.8 Å². The van der Waals surface area contributed by atoms with Crippen LogP contribution in [0.25, 0.3) is 11.1 Å². The van der Waals surface area contributed by atoms with Crippen LogP contribution in [0.1, 0.15) is 91.1 Å². The molecule has 7 aliphatic rings. The molecule has 4 N–H and O–H groups in total. The molecule has 0 spiro atoms. The number of benzene rings is 4. The second-order valence-corrected chi connectivity index (χ2v) is 29.5. The monoisotopic (exact) mass is 1640 g/mol. The standard InChI is InChI=1S/C88H111N11O20/c1-60(2)83(94-81(101)24-33-110-35-37-112-39-41-114-43-45-116-47-48-117-46-44-115-42-40-113-38-36-111-34-25-89-80(100)23-26-97-82(102)53-71(86(97)105)64-13-10-8-7-9-11-14-64)85(104)92-61(3)84(103)93-67-19-15-62(16-20-67)65-49-69-56-90-74-54-78(76(108-5)51-72(74)87(106)98(69)58-65)118-31-12-32-119-79-55-75-73(52-77(79)109-6)88(107)99-59-66(50-70(99)57-91-75)63-17-21-68(22-18-63)96-29-27-95(4)28-30-96/h7-11,13-22,51-52,54-61,69-71,83H,12,23-50,53H2,1-6H3,(H,89,100)(H,92,104)(H,93,103)(H,94,101)/b8-7-,9-7?,10-8?,11-9-,13-10-,14-11?,64-13?,64-14+/t61-,69-,70-,71?,83-/m0/s1. The molecule has 2 saturated heterocycles. The predicted octanol–water partition coefficient (Wildman–Crippen LogP) is 7.84. The van der Waals surface area contributed by atoms with Crippen molar-refractivity contribution in [2.45, 2.75) is 83.5 Å². The van der Waals surface area contributed by atoms with Crippen LogP contribution in [0.5, 0.6) is 23.0 Å². The van der Waals surface area contributed by atoms with Gasteiger partial charge in [-0.3, -0.25) is 53.2 Å². The summed E-state index contributed by atoms with van der Waals surface area (Å²) >= 11 is 0. The number of allylic oxidation sites excluding steroid dienone is 7. The molecule has 0 radical (unpaired) electrons. The minimum atomic E-state index is -0.946. The summed E-state index contributed by atoms with van der Waals surface area (Å²) in [4.78, 5) is 125. The fourth-order valence-electron chi connectivity index (χ4n) is 14.0. The molecule has 0 saturated carbocycles. The van der Waals surface area contributed by atoms with Gasteiger partial charge in [0.1, 0.15) is 12.1 Å². The molecule has 0 bridgehead atoms. The van der Waals surface area contributed by atoms with Gasteiger partial charge in [0.05, 0.1) is 174 Å². The molecule has 6 aliphatic heterocycles. The summed E-state index contributed by atoms with van der Waals surface area (Å²) in [5, 5.41) is 11.1. The van der Waals surface area contributed by atoms with E-state index in [0.29, 0.717) is 169 Å². The molecule has 4 aromatic rings. The van der Waals surface area contributed by atoms with Crippen molar-refractivity contribution < 1.29 is 95.2 Å². The Morgan fingerprint density at radius 3 is 1.51 bits per heavy atom. The van der Waals surface area contributed by atoms with Crippen LogP contribution in [0.3, 0.4) is 0 Å². The number of hydrogen-bond donors (Lipinski definition) is 4. The molecular weight excluding hydrogens is 1530 g/mol. The Kier molecular flexibility index (Phi) is 34.4. The highest BCUT2D eigenvalue weighted by Crippen LogP contribution is 2.43. The molecule has 0 aromatic heterocycles. The lowest BCUT2D eigenvalue weighted by Crippen LogP contribution is -2.53. The van der Waals surface area contributed by atoms with Crippen LogP contribution in [-0.4, -0.2) is 283 Å². The number of hydrogen-bond acceptors (Lipinski definition) is 24. The summed E-state index contributed by atoms with van der Waals surface area (Å²) in [5.41, 5.74) is 8.04. The van der Waals surface area contributed by atoms with Crippen LogP contribution in [0.4, 0.5) is 22.7 Å². The molecule has 119 heavy (non-hydrogen) atoms. The maximum atomic E-state index is 14.2. The lowest BCUT2D eigenvalue weighted by molar-refractivity contribution is -0.139. The lowest BCUT2D eigenvalue weighted by atomic mass is 9.95. The molecular formula is C88H111N11O20. The lowest BCUT2D eigenvalue weighted by Gasteiger charge is -2.34. The number of aliphatic imine (C=N–C) groups is 2. The molecule has 638 valence electrons. The number of likely N-dealkylation sites (tertiary alicyclic amines) is 1. The quantitative estimate of drug-likeness (QED) is 0.0241. The summed E-state index contributed by atoms with van der Waals surface area (Å²) in [6.07, 6.45) is 22.0. The van der Waals surface area contributed by atoms with E-state index in [1.54, 1.807) is 73.2 Å². The summed E-state index contributed by atoms with van der Waals surface area (Å²) in [7, 11) is 5.20. The maximum absolute atomic E-state index is 14.2. The number of nitrogens with one attached hydrogen (secondary N) is 4. The van der Waals surface area contributed by atoms with Gasteiger partial charge < -0.3 is 97.7 Å². The van der Waals surface area contributed by atoms with Crippen molar-refractivity contribution in [1.29, 1.82) is 0 Å². The molecule has 2 fully saturated rings. The smallest absolute Gasteiger partial charge is 0.260 e. The first kappa shape index (κ1) is 89.1. The van der Waals surface area contributed by atoms with Gasteiger partial charge in [0.2, 0.25) is 35.4 Å². The molecule has 5 atom stereocenters. The molecule has 6 heterocycles. The molecule has 1 aliphatic carbocycles. The number of imide groups is 1. The van der Waals surface area contributed by atoms with Crippen molar-refractivity contribution in [3.63, 3.8) is 0 Å². The number of carbonyl (C=O) groups is 8. The number of piperazine rings is 1. The van der Waals surface area contributed by atoms with E-state index >= 15 is 0 Å². The van der Waals surface area contributed by atoms with E-state index in [9.17, 15) is 38.4 Å². The van der Waals surface area contributed by atoms with E-state index in [1.165, 1.54) is 24.8 Å². The summed E-state index contributed by atoms with van der Waals surface area (Å²) in [5.74, 6) is -1.82. The Bertz CT molecular complexity index is 4400. The second kappa shape index (κ2) is 46.0. The van der Waals surface area contributed by atoms with E-state index in [2.05, 4.69) is 62.4 Å². The molecule has 4 aromatic carbocycles. The number of carbonyl (C=O) groups excluding carboxylic acids is 8. The van der Waals surface area contributed by atoms with Crippen molar-refractivity contribution >= 4 is 93.6 Å². The maximum Gasteiger partial charge on any atom is 0.260 e. The molecule has 31 nitrogen and oxygen atoms in total. The first-order chi connectivity index (χ1) is 57.9. The number of likely N-dealkylation sites (N-methyl/N-ethyl adjacent to an activating group) is 1. The minimum absolute atomic E-state index is 0.0103.